The average Bonchev–Trinajstić information content (AvgIpc) is 2.95. The summed E-state index contributed by atoms with van der Waals surface area (Å²) in [6, 6.07) is 5.44. The molecule has 0 radical (unpaired) electrons. The summed E-state index contributed by atoms with van der Waals surface area (Å²) >= 11 is 0. The Labute approximate surface area is 117 Å². The topological polar surface area (TPSA) is 73.2 Å². The van der Waals surface area contributed by atoms with E-state index in [0.29, 0.717) is 24.5 Å². The van der Waals surface area contributed by atoms with E-state index in [1.165, 1.54) is 10.9 Å². The molecule has 3 rings (SSSR count). The van der Waals surface area contributed by atoms with Gasteiger partial charge in [-0.05, 0) is 30.2 Å². The SMILES string of the molecule is Cc1cnn(C)c1S(=O)(=O)Nc1ccc2c(c1)COC2. The molecule has 2 aromatic rings. The number of fused-ring (bicyclic) bond motifs is 1. The molecule has 20 heavy (non-hydrogen) atoms. The maximum Gasteiger partial charge on any atom is 0.279 e. The average molecular weight is 293 g/mol. The molecule has 0 spiro atoms. The first-order valence-electron chi connectivity index (χ1n) is 6.18. The summed E-state index contributed by atoms with van der Waals surface area (Å²) in [5, 5.41) is 4.13. The number of hydrogen-bond acceptors (Lipinski definition) is 4. The first-order chi connectivity index (χ1) is 9.47. The van der Waals surface area contributed by atoms with E-state index in [4.69, 9.17) is 4.74 Å². The van der Waals surface area contributed by atoms with Crippen LogP contribution in [0.1, 0.15) is 16.7 Å². The Morgan fingerprint density at radius 1 is 1.30 bits per heavy atom. The van der Waals surface area contributed by atoms with E-state index in [1.807, 2.05) is 12.1 Å². The van der Waals surface area contributed by atoms with Crippen LogP contribution in [0.25, 0.3) is 0 Å². The van der Waals surface area contributed by atoms with Gasteiger partial charge >= 0.3 is 0 Å². The summed E-state index contributed by atoms with van der Waals surface area (Å²) in [7, 11) is -2.03. The summed E-state index contributed by atoms with van der Waals surface area (Å²) < 4.78 is 34.1. The molecule has 106 valence electrons. The summed E-state index contributed by atoms with van der Waals surface area (Å²) in [4.78, 5) is 0. The van der Waals surface area contributed by atoms with Crippen molar-refractivity contribution in [3.63, 3.8) is 0 Å². The molecule has 1 aliphatic rings. The molecule has 0 amide bonds. The summed E-state index contributed by atoms with van der Waals surface area (Å²) in [6.45, 7) is 2.83. The normalized spacial score (nSPS) is 14.3. The lowest BCUT2D eigenvalue weighted by Crippen LogP contribution is -2.17. The molecule has 0 aliphatic carbocycles. The number of aromatic nitrogens is 2. The van der Waals surface area contributed by atoms with Gasteiger partial charge in [0.2, 0.25) is 0 Å². The van der Waals surface area contributed by atoms with Crippen molar-refractivity contribution in [1.82, 2.24) is 9.78 Å². The Morgan fingerprint density at radius 3 is 2.75 bits per heavy atom. The van der Waals surface area contributed by atoms with E-state index in [2.05, 4.69) is 9.82 Å². The van der Waals surface area contributed by atoms with Crippen LogP contribution in [-0.4, -0.2) is 18.2 Å². The molecule has 6 nitrogen and oxygen atoms in total. The van der Waals surface area contributed by atoms with Crippen LogP contribution in [0.3, 0.4) is 0 Å². The number of hydrogen-bond donors (Lipinski definition) is 1. The molecule has 0 atom stereocenters. The third kappa shape index (κ3) is 2.19. The van der Waals surface area contributed by atoms with E-state index in [0.717, 1.165) is 11.1 Å². The monoisotopic (exact) mass is 293 g/mol. The van der Waals surface area contributed by atoms with Gasteiger partial charge in [0, 0.05) is 18.3 Å². The standard InChI is InChI=1S/C13H15N3O3S/c1-9-6-14-16(2)13(9)20(17,18)15-12-4-3-10-7-19-8-11(10)5-12/h3-6,15H,7-8H2,1-2H3. The Kier molecular flexibility index (Phi) is 3.02. The van der Waals surface area contributed by atoms with Crippen molar-refractivity contribution in [2.45, 2.75) is 25.2 Å². The van der Waals surface area contributed by atoms with Gasteiger partial charge in [0.1, 0.15) is 0 Å². The fraction of sp³-hybridized carbons (Fsp3) is 0.308. The third-order valence-electron chi connectivity index (χ3n) is 3.28. The van der Waals surface area contributed by atoms with Crippen LogP contribution in [0.2, 0.25) is 0 Å². The van der Waals surface area contributed by atoms with E-state index < -0.39 is 10.0 Å². The first kappa shape index (κ1) is 13.1. The number of anilines is 1. The van der Waals surface area contributed by atoms with Gasteiger partial charge in [0.25, 0.3) is 10.0 Å². The number of sulfonamides is 1. The van der Waals surface area contributed by atoms with Gasteiger partial charge in [-0.15, -0.1) is 0 Å². The number of aryl methyl sites for hydroxylation is 2. The molecule has 0 saturated carbocycles. The Balaban J connectivity index is 1.94. The largest absolute Gasteiger partial charge is 0.372 e. The quantitative estimate of drug-likeness (QED) is 0.932. The molecule has 1 aliphatic heterocycles. The fourth-order valence-electron chi connectivity index (χ4n) is 2.36. The third-order valence-corrected chi connectivity index (χ3v) is 4.88. The van der Waals surface area contributed by atoms with Crippen molar-refractivity contribution < 1.29 is 13.2 Å². The molecule has 7 heteroatoms. The van der Waals surface area contributed by atoms with E-state index in [9.17, 15) is 8.42 Å². The molecular weight excluding hydrogens is 278 g/mol. The molecule has 2 heterocycles. The molecule has 0 saturated heterocycles. The fourth-order valence-corrected chi connectivity index (χ4v) is 3.77. The highest BCUT2D eigenvalue weighted by molar-refractivity contribution is 7.92. The molecule has 0 bridgehead atoms. The van der Waals surface area contributed by atoms with Crippen LogP contribution in [0, 0.1) is 6.92 Å². The summed E-state index contributed by atoms with van der Waals surface area (Å²) in [6.07, 6.45) is 1.53. The van der Waals surface area contributed by atoms with Crippen LogP contribution >= 0.6 is 0 Å². The van der Waals surface area contributed by atoms with Crippen molar-refractivity contribution >= 4 is 15.7 Å². The highest BCUT2D eigenvalue weighted by atomic mass is 32.2. The predicted molar refractivity (Wildman–Crippen MR) is 73.7 cm³/mol. The lowest BCUT2D eigenvalue weighted by atomic mass is 10.1. The van der Waals surface area contributed by atoms with Crippen molar-refractivity contribution in [1.29, 1.82) is 0 Å². The van der Waals surface area contributed by atoms with Crippen LogP contribution in [-0.2, 0) is 35.0 Å². The van der Waals surface area contributed by atoms with Gasteiger partial charge in [-0.25, -0.2) is 0 Å². The second kappa shape index (κ2) is 4.60. The zero-order valence-electron chi connectivity index (χ0n) is 11.3. The van der Waals surface area contributed by atoms with Crippen molar-refractivity contribution in [2.24, 2.45) is 7.05 Å². The van der Waals surface area contributed by atoms with E-state index in [-0.39, 0.29) is 5.03 Å². The number of rotatable bonds is 3. The van der Waals surface area contributed by atoms with E-state index in [1.54, 1.807) is 20.0 Å². The van der Waals surface area contributed by atoms with Crippen LogP contribution < -0.4 is 4.72 Å². The minimum Gasteiger partial charge on any atom is -0.372 e. The second-order valence-corrected chi connectivity index (χ2v) is 6.44. The lowest BCUT2D eigenvalue weighted by Gasteiger charge is -2.10. The zero-order chi connectivity index (χ0) is 14.3. The Morgan fingerprint density at radius 2 is 2.05 bits per heavy atom. The Bertz CT molecular complexity index is 746. The van der Waals surface area contributed by atoms with E-state index >= 15 is 0 Å². The number of benzene rings is 1. The van der Waals surface area contributed by atoms with Gasteiger partial charge < -0.3 is 4.74 Å². The van der Waals surface area contributed by atoms with Gasteiger partial charge in [-0.2, -0.15) is 13.5 Å². The van der Waals surface area contributed by atoms with Gasteiger partial charge in [-0.1, -0.05) is 6.07 Å². The number of nitrogens with zero attached hydrogens (tertiary/aromatic N) is 2. The molecule has 0 unspecified atom stereocenters. The number of ether oxygens (including phenoxy) is 1. The lowest BCUT2D eigenvalue weighted by molar-refractivity contribution is 0.134. The molecular formula is C13H15N3O3S. The number of nitrogens with one attached hydrogen (secondary N) is 1. The van der Waals surface area contributed by atoms with Crippen LogP contribution in [0.4, 0.5) is 5.69 Å². The molecule has 1 aromatic carbocycles. The second-order valence-electron chi connectivity index (χ2n) is 4.84. The van der Waals surface area contributed by atoms with Gasteiger partial charge in [0.15, 0.2) is 5.03 Å². The zero-order valence-corrected chi connectivity index (χ0v) is 12.1. The van der Waals surface area contributed by atoms with Crippen molar-refractivity contribution in [3.8, 4) is 0 Å². The molecule has 0 fully saturated rings. The molecule has 1 N–H and O–H groups in total. The molecule has 1 aromatic heterocycles. The highest BCUT2D eigenvalue weighted by Crippen LogP contribution is 2.25. The minimum atomic E-state index is -3.64. The van der Waals surface area contributed by atoms with Gasteiger partial charge in [-0.3, -0.25) is 9.40 Å². The van der Waals surface area contributed by atoms with Crippen LogP contribution in [0.5, 0.6) is 0 Å². The predicted octanol–water partition coefficient (Wildman–Crippen LogP) is 1.56. The maximum absolute atomic E-state index is 12.4. The van der Waals surface area contributed by atoms with Crippen LogP contribution in [0.15, 0.2) is 29.4 Å². The van der Waals surface area contributed by atoms with Gasteiger partial charge in [0.05, 0.1) is 19.4 Å². The van der Waals surface area contributed by atoms with Crippen molar-refractivity contribution in [3.05, 3.63) is 41.1 Å². The minimum absolute atomic E-state index is 0.175. The summed E-state index contributed by atoms with van der Waals surface area (Å²) in [5.74, 6) is 0. The van der Waals surface area contributed by atoms with Crippen molar-refractivity contribution in [2.75, 3.05) is 4.72 Å². The first-order valence-corrected chi connectivity index (χ1v) is 7.66. The maximum atomic E-state index is 12.4. The Hall–Kier alpha value is -1.86. The highest BCUT2D eigenvalue weighted by Gasteiger charge is 2.22. The smallest absolute Gasteiger partial charge is 0.279 e. The summed E-state index contributed by atoms with van der Waals surface area (Å²) in [5.41, 5.74) is 3.27.